The van der Waals surface area contributed by atoms with Gasteiger partial charge in [0.05, 0.1) is 0 Å². The Balaban J connectivity index is 1.41. The lowest BCUT2D eigenvalue weighted by molar-refractivity contribution is 0.504. The van der Waals surface area contributed by atoms with E-state index >= 15 is 0 Å². The summed E-state index contributed by atoms with van der Waals surface area (Å²) in [5.74, 6) is 0. The highest BCUT2D eigenvalue weighted by atomic mass is 14.4. The summed E-state index contributed by atoms with van der Waals surface area (Å²) >= 11 is 0. The van der Waals surface area contributed by atoms with Crippen molar-refractivity contribution in [3.8, 4) is 33.4 Å². The molecule has 206 valence electrons. The van der Waals surface area contributed by atoms with Gasteiger partial charge < -0.3 is 0 Å². The Bertz CT molecular complexity index is 1530. The lowest BCUT2D eigenvalue weighted by Crippen LogP contribution is -2.19. The molecule has 0 saturated heterocycles. The summed E-state index contributed by atoms with van der Waals surface area (Å²) in [6.45, 7) is 23.7. The van der Waals surface area contributed by atoms with Gasteiger partial charge in [-0.1, -0.05) is 130 Å². The molecule has 0 spiro atoms. The first-order valence-corrected chi connectivity index (χ1v) is 15.3. The lowest BCUT2D eigenvalue weighted by atomic mass is 9.76. The molecule has 0 atom stereocenters. The van der Waals surface area contributed by atoms with Crippen molar-refractivity contribution in [1.29, 1.82) is 0 Å². The zero-order valence-electron chi connectivity index (χ0n) is 26.3. The van der Waals surface area contributed by atoms with Crippen LogP contribution in [0.15, 0.2) is 72.8 Å². The number of hydrogen-bond donors (Lipinski definition) is 0. The molecule has 0 fully saturated rings. The zero-order valence-corrected chi connectivity index (χ0v) is 26.3. The first kappa shape index (κ1) is 27.1. The van der Waals surface area contributed by atoms with Crippen molar-refractivity contribution in [2.45, 2.75) is 104 Å². The van der Waals surface area contributed by atoms with Gasteiger partial charge in [0.1, 0.15) is 0 Å². The minimum absolute atomic E-state index is 0.0186. The summed E-state index contributed by atoms with van der Waals surface area (Å²) in [6.07, 6.45) is 2.28. The van der Waals surface area contributed by atoms with E-state index in [9.17, 15) is 0 Å². The van der Waals surface area contributed by atoms with Crippen LogP contribution >= 0.6 is 0 Å². The molecule has 0 unspecified atom stereocenters. The minimum atomic E-state index is -0.0186. The molecule has 0 amide bonds. The van der Waals surface area contributed by atoms with E-state index in [2.05, 4.69) is 142 Å². The second-order valence-corrected chi connectivity index (χ2v) is 14.8. The van der Waals surface area contributed by atoms with E-state index in [1.54, 1.807) is 0 Å². The van der Waals surface area contributed by atoms with Crippen molar-refractivity contribution in [2.75, 3.05) is 0 Å². The topological polar surface area (TPSA) is 0 Å². The molecule has 0 heteroatoms. The Labute approximate surface area is 242 Å². The average molecular weight is 527 g/mol. The Morgan fingerprint density at radius 2 is 0.750 bits per heavy atom. The number of hydrogen-bond acceptors (Lipinski definition) is 0. The summed E-state index contributed by atoms with van der Waals surface area (Å²) < 4.78 is 0. The van der Waals surface area contributed by atoms with Crippen LogP contribution in [0.3, 0.4) is 0 Å². The fourth-order valence-electron chi connectivity index (χ4n) is 7.08. The summed E-state index contributed by atoms with van der Waals surface area (Å²) in [7, 11) is 0. The Hall–Kier alpha value is -3.12. The molecule has 6 rings (SSSR count). The SMILES string of the molecule is CCC(C)(C)c1ccc2c(c1)C(C)(C)c1cc(-c3ccc4c(c3)C(C)(C)c3cc(C(C)(C)CC)ccc3-4)ccc1-2. The standard InChI is InChI=1S/C40H46/c1-11-37(3,4)27-15-19-31-29-17-13-25(21-33(29)39(7,8)35(31)23-27)26-14-18-30-32-20-16-28(38(5,6)12-2)24-36(32)40(9,10)34(30)22-26/h13-24H,11-12H2,1-10H3. The first-order chi connectivity index (χ1) is 18.7. The molecule has 0 aromatic heterocycles. The quantitative estimate of drug-likeness (QED) is 0.242. The van der Waals surface area contributed by atoms with Crippen LogP contribution in [0, 0.1) is 0 Å². The van der Waals surface area contributed by atoms with Crippen molar-refractivity contribution in [2.24, 2.45) is 0 Å². The van der Waals surface area contributed by atoms with Gasteiger partial charge in [-0.2, -0.15) is 0 Å². The Morgan fingerprint density at radius 3 is 1.07 bits per heavy atom. The van der Waals surface area contributed by atoms with Crippen LogP contribution in [0.5, 0.6) is 0 Å². The highest BCUT2D eigenvalue weighted by molar-refractivity contribution is 5.87. The van der Waals surface area contributed by atoms with E-state index in [1.165, 1.54) is 66.8 Å². The third kappa shape index (κ3) is 3.78. The highest BCUT2D eigenvalue weighted by Crippen LogP contribution is 2.53. The lowest BCUT2D eigenvalue weighted by Gasteiger charge is -2.27. The molecule has 4 aromatic carbocycles. The van der Waals surface area contributed by atoms with Crippen LogP contribution in [0.4, 0.5) is 0 Å². The summed E-state index contributed by atoms with van der Waals surface area (Å²) in [5, 5.41) is 0. The Morgan fingerprint density at radius 1 is 0.450 bits per heavy atom. The maximum absolute atomic E-state index is 2.49. The van der Waals surface area contributed by atoms with Gasteiger partial charge in [-0.15, -0.1) is 0 Å². The van der Waals surface area contributed by atoms with Gasteiger partial charge in [0, 0.05) is 10.8 Å². The predicted molar refractivity (Wildman–Crippen MR) is 174 cm³/mol. The van der Waals surface area contributed by atoms with Crippen LogP contribution in [-0.4, -0.2) is 0 Å². The predicted octanol–water partition coefficient (Wildman–Crippen LogP) is 11.3. The fraction of sp³-hybridized carbons (Fsp3) is 0.400. The van der Waals surface area contributed by atoms with Crippen LogP contribution in [0.2, 0.25) is 0 Å². The van der Waals surface area contributed by atoms with Gasteiger partial charge in [-0.3, -0.25) is 0 Å². The molecule has 0 bridgehead atoms. The molecule has 0 aliphatic heterocycles. The largest absolute Gasteiger partial charge is 0.0646 e. The number of fused-ring (bicyclic) bond motifs is 6. The summed E-state index contributed by atoms with van der Waals surface area (Å²) in [5.41, 5.74) is 17.3. The van der Waals surface area contributed by atoms with Crippen LogP contribution in [-0.2, 0) is 21.7 Å². The maximum Gasteiger partial charge on any atom is 0.0159 e. The summed E-state index contributed by atoms with van der Waals surface area (Å²) in [4.78, 5) is 0. The summed E-state index contributed by atoms with van der Waals surface area (Å²) in [6, 6.07) is 28.8. The molecule has 4 aromatic rings. The molecule has 2 aliphatic rings. The fourth-order valence-corrected chi connectivity index (χ4v) is 7.08. The molecule has 0 heterocycles. The van der Waals surface area contributed by atoms with E-state index in [-0.39, 0.29) is 21.7 Å². The molecule has 2 aliphatic carbocycles. The van der Waals surface area contributed by atoms with Crippen LogP contribution in [0.25, 0.3) is 33.4 Å². The Kier molecular flexibility index (Phi) is 5.88. The van der Waals surface area contributed by atoms with E-state index < -0.39 is 0 Å². The third-order valence-corrected chi connectivity index (χ3v) is 11.0. The smallest absolute Gasteiger partial charge is 0.0159 e. The maximum atomic E-state index is 2.49. The molecule has 0 saturated carbocycles. The van der Waals surface area contributed by atoms with Crippen molar-refractivity contribution in [3.63, 3.8) is 0 Å². The second-order valence-electron chi connectivity index (χ2n) is 14.8. The van der Waals surface area contributed by atoms with Crippen molar-refractivity contribution < 1.29 is 0 Å². The number of rotatable bonds is 5. The monoisotopic (exact) mass is 526 g/mol. The first-order valence-electron chi connectivity index (χ1n) is 15.3. The van der Waals surface area contributed by atoms with Gasteiger partial charge in [0.2, 0.25) is 0 Å². The zero-order chi connectivity index (χ0) is 28.8. The van der Waals surface area contributed by atoms with E-state index in [0.717, 1.165) is 12.8 Å². The van der Waals surface area contributed by atoms with Gasteiger partial charge in [0.15, 0.2) is 0 Å². The number of benzene rings is 4. The van der Waals surface area contributed by atoms with Gasteiger partial charge in [0.25, 0.3) is 0 Å². The average Bonchev–Trinajstić information content (AvgIpc) is 3.31. The second kappa shape index (κ2) is 8.69. The van der Waals surface area contributed by atoms with E-state index in [0.29, 0.717) is 0 Å². The molecule has 0 nitrogen and oxygen atoms in total. The van der Waals surface area contributed by atoms with Crippen molar-refractivity contribution >= 4 is 0 Å². The highest BCUT2D eigenvalue weighted by Gasteiger charge is 2.38. The normalized spacial score (nSPS) is 16.4. The van der Waals surface area contributed by atoms with Gasteiger partial charge in [-0.05, 0) is 103 Å². The third-order valence-electron chi connectivity index (χ3n) is 11.0. The molecular formula is C40H46. The molecule has 40 heavy (non-hydrogen) atoms. The minimum Gasteiger partial charge on any atom is -0.0646 e. The van der Waals surface area contributed by atoms with Gasteiger partial charge >= 0.3 is 0 Å². The van der Waals surface area contributed by atoms with Crippen LogP contribution < -0.4 is 0 Å². The molecule has 0 radical (unpaired) electrons. The molecular weight excluding hydrogens is 480 g/mol. The van der Waals surface area contributed by atoms with Crippen molar-refractivity contribution in [1.82, 2.24) is 0 Å². The van der Waals surface area contributed by atoms with E-state index in [4.69, 9.17) is 0 Å². The van der Waals surface area contributed by atoms with Gasteiger partial charge in [-0.25, -0.2) is 0 Å². The molecule has 0 N–H and O–H groups in total. The van der Waals surface area contributed by atoms with Crippen molar-refractivity contribution in [3.05, 3.63) is 106 Å². The van der Waals surface area contributed by atoms with E-state index in [1.807, 2.05) is 0 Å². The van der Waals surface area contributed by atoms with Crippen LogP contribution in [0.1, 0.15) is 115 Å².